The summed E-state index contributed by atoms with van der Waals surface area (Å²) in [5.74, 6) is 0.608. The van der Waals surface area contributed by atoms with E-state index in [0.717, 1.165) is 42.7 Å². The fourth-order valence-electron chi connectivity index (χ4n) is 2.85. The number of rotatable bonds is 1. The highest BCUT2D eigenvalue weighted by Gasteiger charge is 2.25. The van der Waals surface area contributed by atoms with E-state index in [2.05, 4.69) is 15.1 Å². The molecule has 0 saturated carbocycles. The molecule has 0 aliphatic carbocycles. The van der Waals surface area contributed by atoms with Gasteiger partial charge in [0.2, 0.25) is 5.91 Å². The van der Waals surface area contributed by atoms with Gasteiger partial charge in [-0.05, 0) is 19.8 Å². The molecule has 1 aliphatic heterocycles. The second-order valence-corrected chi connectivity index (χ2v) is 5.22. The van der Waals surface area contributed by atoms with Crippen LogP contribution in [0.3, 0.4) is 0 Å². The van der Waals surface area contributed by atoms with Crippen LogP contribution < -0.4 is 5.73 Å². The SMILES string of the molecule is CC(=O)N1CCC(n2nc(C)c3c(N)ncnc32)CC1. The van der Waals surface area contributed by atoms with Crippen molar-refractivity contribution in [2.24, 2.45) is 0 Å². The Morgan fingerprint density at radius 3 is 2.70 bits per heavy atom. The van der Waals surface area contributed by atoms with E-state index in [1.165, 1.54) is 6.33 Å². The quantitative estimate of drug-likeness (QED) is 0.834. The summed E-state index contributed by atoms with van der Waals surface area (Å²) in [5.41, 5.74) is 7.55. The van der Waals surface area contributed by atoms with Gasteiger partial charge in [0, 0.05) is 20.0 Å². The maximum absolute atomic E-state index is 11.4. The summed E-state index contributed by atoms with van der Waals surface area (Å²) in [6, 6.07) is 0.260. The van der Waals surface area contributed by atoms with E-state index in [1.807, 2.05) is 16.5 Å². The number of nitrogens with zero attached hydrogens (tertiary/aromatic N) is 5. The third-order valence-electron chi connectivity index (χ3n) is 3.95. The lowest BCUT2D eigenvalue weighted by Crippen LogP contribution is -2.37. The Hall–Kier alpha value is -2.18. The molecule has 1 saturated heterocycles. The summed E-state index contributed by atoms with van der Waals surface area (Å²) in [6.07, 6.45) is 3.25. The number of hydrogen-bond donors (Lipinski definition) is 1. The minimum absolute atomic E-state index is 0.136. The van der Waals surface area contributed by atoms with Gasteiger partial charge in [0.25, 0.3) is 0 Å². The Bertz CT molecular complexity index is 656. The van der Waals surface area contributed by atoms with E-state index in [9.17, 15) is 4.79 Å². The monoisotopic (exact) mass is 274 g/mol. The number of piperidine rings is 1. The van der Waals surface area contributed by atoms with Crippen molar-refractivity contribution in [2.75, 3.05) is 18.8 Å². The molecule has 2 N–H and O–H groups in total. The van der Waals surface area contributed by atoms with Gasteiger partial charge >= 0.3 is 0 Å². The molecule has 106 valence electrons. The van der Waals surface area contributed by atoms with Crippen LogP contribution >= 0.6 is 0 Å². The number of likely N-dealkylation sites (tertiary alicyclic amines) is 1. The van der Waals surface area contributed by atoms with Crippen molar-refractivity contribution in [3.8, 4) is 0 Å². The average molecular weight is 274 g/mol. The first-order valence-corrected chi connectivity index (χ1v) is 6.78. The van der Waals surface area contributed by atoms with Gasteiger partial charge in [-0.2, -0.15) is 5.10 Å². The largest absolute Gasteiger partial charge is 0.383 e. The zero-order valence-electron chi connectivity index (χ0n) is 11.7. The molecule has 1 fully saturated rings. The fraction of sp³-hybridized carbons (Fsp3) is 0.538. The topological polar surface area (TPSA) is 89.9 Å². The van der Waals surface area contributed by atoms with E-state index < -0.39 is 0 Å². The first-order valence-electron chi connectivity index (χ1n) is 6.78. The number of carbonyl (C=O) groups excluding carboxylic acids is 1. The summed E-state index contributed by atoms with van der Waals surface area (Å²) in [4.78, 5) is 21.6. The summed E-state index contributed by atoms with van der Waals surface area (Å²) in [7, 11) is 0. The van der Waals surface area contributed by atoms with Gasteiger partial charge in [0.1, 0.15) is 12.1 Å². The first-order chi connectivity index (χ1) is 9.58. The van der Waals surface area contributed by atoms with Crippen molar-refractivity contribution >= 4 is 22.8 Å². The number of hydrogen-bond acceptors (Lipinski definition) is 5. The Balaban J connectivity index is 1.92. The Kier molecular flexibility index (Phi) is 3.04. The van der Waals surface area contributed by atoms with Crippen LogP contribution in [0.2, 0.25) is 0 Å². The van der Waals surface area contributed by atoms with E-state index in [4.69, 9.17) is 5.73 Å². The number of anilines is 1. The second-order valence-electron chi connectivity index (χ2n) is 5.22. The van der Waals surface area contributed by atoms with Gasteiger partial charge in [-0.3, -0.25) is 4.79 Å². The summed E-state index contributed by atoms with van der Waals surface area (Å²) >= 11 is 0. The van der Waals surface area contributed by atoms with Crippen LogP contribution in [0, 0.1) is 6.92 Å². The van der Waals surface area contributed by atoms with Crippen LogP contribution in [0.4, 0.5) is 5.82 Å². The average Bonchev–Trinajstić information content (AvgIpc) is 2.77. The highest BCUT2D eigenvalue weighted by atomic mass is 16.2. The molecule has 0 bridgehead atoms. The maximum atomic E-state index is 11.4. The molecule has 0 aromatic carbocycles. The van der Waals surface area contributed by atoms with Gasteiger partial charge in [-0.25, -0.2) is 14.6 Å². The van der Waals surface area contributed by atoms with Crippen LogP contribution in [-0.4, -0.2) is 43.6 Å². The molecule has 3 rings (SSSR count). The van der Waals surface area contributed by atoms with Gasteiger partial charge in [-0.1, -0.05) is 0 Å². The minimum atomic E-state index is 0.136. The zero-order chi connectivity index (χ0) is 14.3. The Labute approximate surface area is 116 Å². The van der Waals surface area contributed by atoms with Crippen LogP contribution in [0.25, 0.3) is 11.0 Å². The lowest BCUT2D eigenvalue weighted by Gasteiger charge is -2.31. The molecular weight excluding hydrogens is 256 g/mol. The number of nitrogen functional groups attached to an aromatic ring is 1. The highest BCUT2D eigenvalue weighted by molar-refractivity contribution is 5.87. The number of nitrogens with two attached hydrogens (primary N) is 1. The smallest absolute Gasteiger partial charge is 0.219 e. The molecule has 2 aromatic rings. The first kappa shape index (κ1) is 12.8. The Morgan fingerprint density at radius 2 is 2.05 bits per heavy atom. The molecule has 0 atom stereocenters. The minimum Gasteiger partial charge on any atom is -0.383 e. The number of amides is 1. The van der Waals surface area contributed by atoms with E-state index in [-0.39, 0.29) is 11.9 Å². The molecule has 0 radical (unpaired) electrons. The Morgan fingerprint density at radius 1 is 1.35 bits per heavy atom. The van der Waals surface area contributed by atoms with Crippen molar-refractivity contribution in [1.29, 1.82) is 0 Å². The molecule has 3 heterocycles. The predicted molar refractivity (Wildman–Crippen MR) is 75.0 cm³/mol. The van der Waals surface area contributed by atoms with Crippen molar-refractivity contribution in [2.45, 2.75) is 32.7 Å². The molecule has 2 aromatic heterocycles. The van der Waals surface area contributed by atoms with Gasteiger partial charge in [0.05, 0.1) is 17.1 Å². The van der Waals surface area contributed by atoms with Gasteiger partial charge in [0.15, 0.2) is 5.65 Å². The fourth-order valence-corrected chi connectivity index (χ4v) is 2.85. The molecule has 0 spiro atoms. The summed E-state index contributed by atoms with van der Waals surface area (Å²) in [6.45, 7) is 5.06. The second kappa shape index (κ2) is 4.73. The molecule has 7 heteroatoms. The van der Waals surface area contributed by atoms with Gasteiger partial charge < -0.3 is 10.6 Å². The van der Waals surface area contributed by atoms with Crippen LogP contribution in [0.1, 0.15) is 31.5 Å². The van der Waals surface area contributed by atoms with Crippen LogP contribution in [0.5, 0.6) is 0 Å². The molecule has 1 amide bonds. The van der Waals surface area contributed by atoms with E-state index >= 15 is 0 Å². The van der Waals surface area contributed by atoms with Crippen molar-refractivity contribution in [1.82, 2.24) is 24.6 Å². The number of aromatic nitrogens is 4. The van der Waals surface area contributed by atoms with E-state index in [0.29, 0.717) is 5.82 Å². The molecule has 20 heavy (non-hydrogen) atoms. The molecule has 7 nitrogen and oxygen atoms in total. The zero-order valence-corrected chi connectivity index (χ0v) is 11.7. The van der Waals surface area contributed by atoms with E-state index in [1.54, 1.807) is 6.92 Å². The normalized spacial score (nSPS) is 16.8. The lowest BCUT2D eigenvalue weighted by molar-refractivity contribution is -0.130. The third-order valence-corrected chi connectivity index (χ3v) is 3.95. The predicted octanol–water partition coefficient (Wildman–Crippen LogP) is 0.900. The molecule has 0 unspecified atom stereocenters. The highest BCUT2D eigenvalue weighted by Crippen LogP contribution is 2.28. The third kappa shape index (κ3) is 1.99. The van der Waals surface area contributed by atoms with Crippen molar-refractivity contribution < 1.29 is 4.79 Å². The van der Waals surface area contributed by atoms with Crippen LogP contribution in [0.15, 0.2) is 6.33 Å². The van der Waals surface area contributed by atoms with Crippen LogP contribution in [-0.2, 0) is 4.79 Å². The lowest BCUT2D eigenvalue weighted by atomic mass is 10.1. The molecular formula is C13H18N6O. The van der Waals surface area contributed by atoms with Gasteiger partial charge in [-0.15, -0.1) is 0 Å². The summed E-state index contributed by atoms with van der Waals surface area (Å²) < 4.78 is 1.94. The number of carbonyl (C=O) groups is 1. The van der Waals surface area contributed by atoms with Crippen molar-refractivity contribution in [3.05, 3.63) is 12.0 Å². The maximum Gasteiger partial charge on any atom is 0.219 e. The standard InChI is InChI=1S/C13H18N6O/c1-8-11-12(14)15-7-16-13(11)19(17-8)10-3-5-18(6-4-10)9(2)20/h7,10H,3-6H2,1-2H3,(H2,14,15,16). The number of aryl methyl sites for hydroxylation is 1. The summed E-state index contributed by atoms with van der Waals surface area (Å²) in [5, 5.41) is 5.41. The van der Waals surface area contributed by atoms with Crippen molar-refractivity contribution in [3.63, 3.8) is 0 Å². The number of fused-ring (bicyclic) bond motifs is 1. The molecule has 1 aliphatic rings.